The molecular formula is C20H28N4O2. The van der Waals surface area contributed by atoms with Gasteiger partial charge >= 0.3 is 0 Å². The first-order valence-electron chi connectivity index (χ1n) is 9.64. The fourth-order valence-corrected chi connectivity index (χ4v) is 4.53. The Bertz CT molecular complexity index is 657. The lowest BCUT2D eigenvalue weighted by atomic mass is 9.54. The minimum Gasteiger partial charge on any atom is -0.447 e. The maximum Gasteiger partial charge on any atom is 0.216 e. The number of nitrogens with one attached hydrogen (secondary N) is 1. The Labute approximate surface area is 156 Å². The van der Waals surface area contributed by atoms with Crippen LogP contribution in [0.3, 0.4) is 0 Å². The molecule has 6 heteroatoms. The number of ether oxygens (including phenoxy) is 2. The monoisotopic (exact) mass is 356 g/mol. The van der Waals surface area contributed by atoms with Crippen molar-refractivity contribution in [3.63, 3.8) is 0 Å². The van der Waals surface area contributed by atoms with Crippen LogP contribution in [-0.4, -0.2) is 17.8 Å². The maximum atomic E-state index is 9.97. The van der Waals surface area contributed by atoms with Crippen molar-refractivity contribution in [2.24, 2.45) is 16.7 Å². The minimum atomic E-state index is -1.73. The Morgan fingerprint density at radius 2 is 1.62 bits per heavy atom. The van der Waals surface area contributed by atoms with E-state index in [0.29, 0.717) is 12.8 Å². The molecule has 0 aliphatic carbocycles. The first kappa shape index (κ1) is 20.2. The Morgan fingerprint density at radius 3 is 2.15 bits per heavy atom. The lowest BCUT2D eigenvalue weighted by Gasteiger charge is -2.48. The van der Waals surface area contributed by atoms with Gasteiger partial charge < -0.3 is 9.47 Å². The summed E-state index contributed by atoms with van der Waals surface area (Å²) >= 11 is 0. The zero-order valence-corrected chi connectivity index (χ0v) is 16.0. The molecule has 0 aromatic heterocycles. The summed E-state index contributed by atoms with van der Waals surface area (Å²) in [7, 11) is 0. The largest absolute Gasteiger partial charge is 0.447 e. The van der Waals surface area contributed by atoms with Gasteiger partial charge in [-0.15, -0.1) is 0 Å². The molecule has 0 aromatic carbocycles. The molecule has 2 aliphatic heterocycles. The zero-order valence-electron chi connectivity index (χ0n) is 16.0. The predicted octanol–water partition coefficient (Wildman–Crippen LogP) is 4.43. The van der Waals surface area contributed by atoms with Crippen LogP contribution in [-0.2, 0) is 9.47 Å². The minimum absolute atomic E-state index is 0.303. The highest BCUT2D eigenvalue weighted by atomic mass is 16.7. The van der Waals surface area contributed by atoms with Crippen LogP contribution in [0.25, 0.3) is 0 Å². The van der Waals surface area contributed by atoms with Crippen LogP contribution in [0, 0.1) is 56.2 Å². The Balaban J connectivity index is 2.31. The Kier molecular flexibility index (Phi) is 5.94. The summed E-state index contributed by atoms with van der Waals surface area (Å²) in [6.45, 7) is 5.80. The van der Waals surface area contributed by atoms with Crippen molar-refractivity contribution in [3.05, 3.63) is 0 Å². The molecule has 140 valence electrons. The third-order valence-electron chi connectivity index (χ3n) is 6.23. The van der Waals surface area contributed by atoms with Crippen molar-refractivity contribution in [1.29, 1.82) is 21.2 Å². The summed E-state index contributed by atoms with van der Waals surface area (Å²) in [5.41, 5.74) is -3.31. The summed E-state index contributed by atoms with van der Waals surface area (Å²) in [6.07, 6.45) is 6.73. The molecule has 0 spiro atoms. The molecule has 2 rings (SSSR count). The van der Waals surface area contributed by atoms with Crippen LogP contribution >= 0.6 is 0 Å². The molecule has 4 atom stereocenters. The first-order valence-corrected chi connectivity index (χ1v) is 9.64. The second-order valence-electron chi connectivity index (χ2n) is 7.43. The highest BCUT2D eigenvalue weighted by Gasteiger charge is 2.78. The third-order valence-corrected chi connectivity index (χ3v) is 6.23. The normalized spacial score (nSPS) is 34.4. The molecule has 0 radical (unpaired) electrons. The Morgan fingerprint density at radius 1 is 1.00 bits per heavy atom. The molecule has 0 saturated carbocycles. The van der Waals surface area contributed by atoms with Gasteiger partial charge in [-0.05, 0) is 6.42 Å². The number of rotatable bonds is 8. The van der Waals surface area contributed by atoms with Crippen molar-refractivity contribution in [2.75, 3.05) is 0 Å². The average Bonchev–Trinajstić information content (AvgIpc) is 2.81. The summed E-state index contributed by atoms with van der Waals surface area (Å²) in [5, 5.41) is 38.1. The summed E-state index contributed by atoms with van der Waals surface area (Å²) < 4.78 is 11.9. The van der Waals surface area contributed by atoms with Gasteiger partial charge in [0, 0.05) is 6.42 Å². The quantitative estimate of drug-likeness (QED) is 0.646. The van der Waals surface area contributed by atoms with Crippen LogP contribution in [0.4, 0.5) is 0 Å². The van der Waals surface area contributed by atoms with E-state index in [2.05, 4.69) is 25.1 Å². The van der Waals surface area contributed by atoms with E-state index in [4.69, 9.17) is 14.9 Å². The fourth-order valence-electron chi connectivity index (χ4n) is 4.53. The number of hydrogen-bond acceptors (Lipinski definition) is 6. The van der Waals surface area contributed by atoms with E-state index in [9.17, 15) is 15.8 Å². The van der Waals surface area contributed by atoms with Gasteiger partial charge in [-0.3, -0.25) is 5.41 Å². The molecule has 2 aliphatic rings. The van der Waals surface area contributed by atoms with E-state index in [1.165, 1.54) is 19.3 Å². The van der Waals surface area contributed by atoms with Gasteiger partial charge in [0.05, 0.1) is 30.2 Å². The van der Waals surface area contributed by atoms with E-state index < -0.39 is 28.6 Å². The van der Waals surface area contributed by atoms with Crippen molar-refractivity contribution < 1.29 is 9.47 Å². The van der Waals surface area contributed by atoms with Crippen LogP contribution in [0.1, 0.15) is 72.1 Å². The number of unbranched alkanes of at least 4 members (excludes halogenated alkanes) is 5. The first-order chi connectivity index (χ1) is 12.4. The molecule has 2 heterocycles. The van der Waals surface area contributed by atoms with Gasteiger partial charge in [0.25, 0.3) is 0 Å². The average molecular weight is 356 g/mol. The molecular weight excluding hydrogens is 328 g/mol. The number of fused-ring (bicyclic) bond motifs is 2. The van der Waals surface area contributed by atoms with Crippen molar-refractivity contribution in [2.45, 2.75) is 84.0 Å². The standard InChI is InChI=1S/C20H28N4O2/c1-4-6-7-8-9-10-11-16-18(12-21,13-22)19(14-23)15(3)20(5-2,25-16)26-17(19)24/h15-16,24H,4-11H2,1-3H3. The SMILES string of the molecule is CCCCCCCCC1OC2(CC)OC(=N)C(C#N)(C2C)C1(C#N)C#N. The van der Waals surface area contributed by atoms with Gasteiger partial charge in [0.2, 0.25) is 11.7 Å². The van der Waals surface area contributed by atoms with E-state index in [0.717, 1.165) is 19.3 Å². The summed E-state index contributed by atoms with van der Waals surface area (Å²) in [5.74, 6) is -1.96. The third kappa shape index (κ3) is 2.58. The molecule has 0 aromatic rings. The maximum absolute atomic E-state index is 9.97. The fraction of sp³-hybridized carbons (Fsp3) is 0.800. The molecule has 1 N–H and O–H groups in total. The van der Waals surface area contributed by atoms with Gasteiger partial charge in [-0.1, -0.05) is 59.3 Å². The molecule has 6 nitrogen and oxygen atoms in total. The number of hydrogen-bond donors (Lipinski definition) is 1. The number of nitriles is 3. The van der Waals surface area contributed by atoms with Crippen molar-refractivity contribution in [3.8, 4) is 18.2 Å². The Hall–Kier alpha value is -2.10. The molecule has 0 amide bonds. The summed E-state index contributed by atoms with van der Waals surface area (Å²) in [6, 6.07) is 6.28. The van der Waals surface area contributed by atoms with Crippen LogP contribution in [0.5, 0.6) is 0 Å². The molecule has 2 bridgehead atoms. The molecule has 2 saturated heterocycles. The smallest absolute Gasteiger partial charge is 0.216 e. The van der Waals surface area contributed by atoms with Gasteiger partial charge in [0.1, 0.15) is 0 Å². The van der Waals surface area contributed by atoms with Gasteiger partial charge in [0.15, 0.2) is 10.8 Å². The van der Waals surface area contributed by atoms with E-state index >= 15 is 0 Å². The van der Waals surface area contributed by atoms with E-state index in [1.807, 2.05) is 6.92 Å². The van der Waals surface area contributed by atoms with Gasteiger partial charge in [-0.2, -0.15) is 15.8 Å². The highest BCUT2D eigenvalue weighted by Crippen LogP contribution is 2.63. The second-order valence-corrected chi connectivity index (χ2v) is 7.43. The van der Waals surface area contributed by atoms with Crippen LogP contribution < -0.4 is 0 Å². The highest BCUT2D eigenvalue weighted by molar-refractivity contribution is 5.89. The van der Waals surface area contributed by atoms with E-state index in [1.54, 1.807) is 6.92 Å². The number of nitrogens with zero attached hydrogens (tertiary/aromatic N) is 3. The lowest BCUT2D eigenvalue weighted by molar-refractivity contribution is -0.278. The second kappa shape index (κ2) is 7.65. The van der Waals surface area contributed by atoms with Gasteiger partial charge in [-0.25, -0.2) is 0 Å². The predicted molar refractivity (Wildman–Crippen MR) is 95.6 cm³/mol. The molecule has 2 fully saturated rings. The van der Waals surface area contributed by atoms with Crippen molar-refractivity contribution >= 4 is 5.90 Å². The molecule has 26 heavy (non-hydrogen) atoms. The van der Waals surface area contributed by atoms with Crippen LogP contribution in [0.2, 0.25) is 0 Å². The van der Waals surface area contributed by atoms with Crippen LogP contribution in [0.15, 0.2) is 0 Å². The van der Waals surface area contributed by atoms with E-state index in [-0.39, 0.29) is 5.90 Å². The topological polar surface area (TPSA) is 114 Å². The summed E-state index contributed by atoms with van der Waals surface area (Å²) in [4.78, 5) is 0. The lowest BCUT2D eigenvalue weighted by Crippen LogP contribution is -2.61. The van der Waals surface area contributed by atoms with Crippen molar-refractivity contribution in [1.82, 2.24) is 0 Å². The zero-order chi connectivity index (χ0) is 19.4. The molecule has 4 unspecified atom stereocenters.